The molecule has 100 valence electrons. The number of ether oxygens (including phenoxy) is 1. The second-order valence-electron chi connectivity index (χ2n) is 4.44. The number of halogens is 1. The minimum absolute atomic E-state index is 0.00188. The van der Waals surface area contributed by atoms with Crippen molar-refractivity contribution in [3.63, 3.8) is 0 Å². The summed E-state index contributed by atoms with van der Waals surface area (Å²) in [7, 11) is 1.63. The highest BCUT2D eigenvalue weighted by Gasteiger charge is 2.18. The number of benzene rings is 1. The van der Waals surface area contributed by atoms with Gasteiger partial charge >= 0.3 is 0 Å². The lowest BCUT2D eigenvalue weighted by Crippen LogP contribution is -2.41. The minimum atomic E-state index is -0.117. The Bertz CT molecular complexity index is 423. The number of carbonyl (C=O) groups is 1. The minimum Gasteiger partial charge on any atom is -0.383 e. The van der Waals surface area contributed by atoms with E-state index < -0.39 is 0 Å². The van der Waals surface area contributed by atoms with E-state index in [-0.39, 0.29) is 11.9 Å². The summed E-state index contributed by atoms with van der Waals surface area (Å²) in [4.78, 5) is 12.9. The van der Waals surface area contributed by atoms with E-state index in [0.29, 0.717) is 18.1 Å². The van der Waals surface area contributed by atoms with Crippen LogP contribution in [-0.4, -0.2) is 25.7 Å². The van der Waals surface area contributed by atoms with Crippen LogP contribution in [0.3, 0.4) is 0 Å². The summed E-state index contributed by atoms with van der Waals surface area (Å²) >= 11 is 7.61. The van der Waals surface area contributed by atoms with Crippen molar-refractivity contribution in [1.82, 2.24) is 5.32 Å². The Hall–Kier alpha value is -0.520. The molecule has 0 aromatic heterocycles. The molecule has 0 bridgehead atoms. The van der Waals surface area contributed by atoms with Crippen LogP contribution in [0.15, 0.2) is 27.6 Å². The Morgan fingerprint density at radius 3 is 2.72 bits per heavy atom. The van der Waals surface area contributed by atoms with Crippen LogP contribution in [0, 0.1) is 5.92 Å². The summed E-state index contributed by atoms with van der Waals surface area (Å²) in [6.45, 7) is 4.60. The molecule has 0 saturated heterocycles. The van der Waals surface area contributed by atoms with Gasteiger partial charge < -0.3 is 10.1 Å². The summed E-state index contributed by atoms with van der Waals surface area (Å²) in [5.41, 5.74) is 0.587. The molecular formula is C13H18BrNO2S. The fourth-order valence-corrected chi connectivity index (χ4v) is 2.14. The van der Waals surface area contributed by atoms with E-state index in [1.165, 1.54) is 0 Å². The highest BCUT2D eigenvalue weighted by atomic mass is 79.9. The quantitative estimate of drug-likeness (QED) is 0.813. The van der Waals surface area contributed by atoms with Crippen LogP contribution in [-0.2, 0) is 4.74 Å². The molecule has 0 aliphatic heterocycles. The molecule has 0 heterocycles. The molecule has 1 atom stereocenters. The molecule has 1 amide bonds. The largest absolute Gasteiger partial charge is 0.383 e. The normalized spacial score (nSPS) is 12.6. The van der Waals surface area contributed by atoms with Crippen LogP contribution in [0.1, 0.15) is 24.2 Å². The number of rotatable bonds is 5. The molecule has 1 rings (SSSR count). The topological polar surface area (TPSA) is 38.3 Å². The summed E-state index contributed by atoms with van der Waals surface area (Å²) in [6, 6.07) is 5.39. The van der Waals surface area contributed by atoms with Crippen molar-refractivity contribution < 1.29 is 9.53 Å². The number of hydrogen-bond donors (Lipinski definition) is 2. The average molecular weight is 332 g/mol. The molecule has 1 aromatic carbocycles. The van der Waals surface area contributed by atoms with Gasteiger partial charge in [-0.3, -0.25) is 4.79 Å². The Morgan fingerprint density at radius 2 is 2.17 bits per heavy atom. The van der Waals surface area contributed by atoms with E-state index in [9.17, 15) is 4.79 Å². The maximum Gasteiger partial charge on any atom is 0.252 e. The fraction of sp³-hybridized carbons (Fsp3) is 0.462. The van der Waals surface area contributed by atoms with Crippen molar-refractivity contribution >= 4 is 34.5 Å². The van der Waals surface area contributed by atoms with Gasteiger partial charge in [-0.2, -0.15) is 0 Å². The molecule has 5 heteroatoms. The van der Waals surface area contributed by atoms with Crippen LogP contribution in [0.2, 0.25) is 0 Å². The van der Waals surface area contributed by atoms with E-state index in [1.54, 1.807) is 13.2 Å². The van der Waals surface area contributed by atoms with Gasteiger partial charge in [0, 0.05) is 16.5 Å². The van der Waals surface area contributed by atoms with Gasteiger partial charge in [0.15, 0.2) is 0 Å². The smallest absolute Gasteiger partial charge is 0.252 e. The van der Waals surface area contributed by atoms with E-state index in [2.05, 4.69) is 33.9 Å². The molecule has 0 radical (unpaired) electrons. The van der Waals surface area contributed by atoms with Crippen molar-refractivity contribution in [2.45, 2.75) is 24.8 Å². The molecule has 0 saturated carbocycles. The number of amides is 1. The van der Waals surface area contributed by atoms with Gasteiger partial charge in [0.05, 0.1) is 18.2 Å². The van der Waals surface area contributed by atoms with Crippen LogP contribution in [0.4, 0.5) is 0 Å². The zero-order valence-electron chi connectivity index (χ0n) is 10.7. The number of hydrogen-bond acceptors (Lipinski definition) is 3. The van der Waals surface area contributed by atoms with Gasteiger partial charge in [-0.05, 0) is 40.0 Å². The van der Waals surface area contributed by atoms with Crippen molar-refractivity contribution in [2.24, 2.45) is 5.92 Å². The lowest BCUT2D eigenvalue weighted by Gasteiger charge is -2.21. The van der Waals surface area contributed by atoms with Gasteiger partial charge in [0.2, 0.25) is 0 Å². The highest BCUT2D eigenvalue weighted by Crippen LogP contribution is 2.20. The van der Waals surface area contributed by atoms with E-state index in [0.717, 1.165) is 9.37 Å². The molecule has 0 aliphatic rings. The molecule has 0 fully saturated rings. The average Bonchev–Trinajstić information content (AvgIpc) is 2.31. The first-order valence-electron chi connectivity index (χ1n) is 5.74. The maximum atomic E-state index is 12.2. The first-order valence-corrected chi connectivity index (χ1v) is 6.98. The highest BCUT2D eigenvalue weighted by molar-refractivity contribution is 9.10. The first-order chi connectivity index (χ1) is 8.45. The molecule has 18 heavy (non-hydrogen) atoms. The Balaban J connectivity index is 2.83. The fourth-order valence-electron chi connectivity index (χ4n) is 1.51. The summed E-state index contributed by atoms with van der Waals surface area (Å²) in [6.07, 6.45) is 0. The van der Waals surface area contributed by atoms with Crippen molar-refractivity contribution in [3.05, 3.63) is 28.2 Å². The van der Waals surface area contributed by atoms with E-state index >= 15 is 0 Å². The van der Waals surface area contributed by atoms with Gasteiger partial charge in [-0.1, -0.05) is 13.8 Å². The van der Waals surface area contributed by atoms with Crippen molar-refractivity contribution in [3.8, 4) is 0 Å². The second-order valence-corrected chi connectivity index (χ2v) is 5.81. The SMILES string of the molecule is COCC(NC(=O)c1cc(S)ccc1Br)C(C)C. The standard InChI is InChI=1S/C13H18BrNO2S/c1-8(2)12(7-17-3)15-13(16)10-6-9(18)4-5-11(10)14/h4-6,8,12,18H,7H2,1-3H3,(H,15,16). The molecule has 1 aromatic rings. The molecular weight excluding hydrogens is 314 g/mol. The van der Waals surface area contributed by atoms with Gasteiger partial charge in [-0.15, -0.1) is 12.6 Å². The lowest BCUT2D eigenvalue weighted by atomic mass is 10.0. The molecule has 0 spiro atoms. The van der Waals surface area contributed by atoms with Crippen LogP contribution in [0.25, 0.3) is 0 Å². The van der Waals surface area contributed by atoms with E-state index in [1.807, 2.05) is 26.0 Å². The zero-order valence-corrected chi connectivity index (χ0v) is 13.2. The Labute approximate surface area is 122 Å². The Kier molecular flexibility index (Phi) is 6.18. The third-order valence-corrected chi connectivity index (χ3v) is 3.63. The predicted molar refractivity (Wildman–Crippen MR) is 79.4 cm³/mol. The second kappa shape index (κ2) is 7.16. The van der Waals surface area contributed by atoms with Crippen LogP contribution < -0.4 is 5.32 Å². The summed E-state index contributed by atoms with van der Waals surface area (Å²) in [5, 5.41) is 2.97. The van der Waals surface area contributed by atoms with Gasteiger partial charge in [0.25, 0.3) is 5.91 Å². The van der Waals surface area contributed by atoms with Crippen molar-refractivity contribution in [1.29, 1.82) is 0 Å². The molecule has 1 N–H and O–H groups in total. The third-order valence-electron chi connectivity index (χ3n) is 2.66. The monoisotopic (exact) mass is 331 g/mol. The number of nitrogens with one attached hydrogen (secondary N) is 1. The molecule has 1 unspecified atom stereocenters. The number of thiol groups is 1. The van der Waals surface area contributed by atoms with Gasteiger partial charge in [-0.25, -0.2) is 0 Å². The third kappa shape index (κ3) is 4.30. The predicted octanol–water partition coefficient (Wildman–Crippen LogP) is 3.14. The summed E-state index contributed by atoms with van der Waals surface area (Å²) < 4.78 is 5.88. The summed E-state index contributed by atoms with van der Waals surface area (Å²) in [5.74, 6) is 0.195. The number of methoxy groups -OCH3 is 1. The molecule has 3 nitrogen and oxygen atoms in total. The van der Waals surface area contributed by atoms with Crippen molar-refractivity contribution in [2.75, 3.05) is 13.7 Å². The van der Waals surface area contributed by atoms with Crippen LogP contribution in [0.5, 0.6) is 0 Å². The van der Waals surface area contributed by atoms with Crippen LogP contribution >= 0.6 is 28.6 Å². The first kappa shape index (κ1) is 15.5. The molecule has 0 aliphatic carbocycles. The number of carbonyl (C=O) groups excluding carboxylic acids is 1. The van der Waals surface area contributed by atoms with E-state index in [4.69, 9.17) is 4.74 Å². The van der Waals surface area contributed by atoms with Gasteiger partial charge in [0.1, 0.15) is 0 Å². The Morgan fingerprint density at radius 1 is 1.50 bits per heavy atom. The zero-order chi connectivity index (χ0) is 13.7. The maximum absolute atomic E-state index is 12.2. The lowest BCUT2D eigenvalue weighted by molar-refractivity contribution is 0.0865.